The van der Waals surface area contributed by atoms with Gasteiger partial charge >= 0.3 is 5.97 Å². The summed E-state index contributed by atoms with van der Waals surface area (Å²) in [7, 11) is 1.80. The number of carbonyl (C=O) groups excluding carboxylic acids is 1. The second-order valence-electron chi connectivity index (χ2n) is 6.91. The Morgan fingerprint density at radius 3 is 2.52 bits per heavy atom. The predicted molar refractivity (Wildman–Crippen MR) is 109 cm³/mol. The van der Waals surface area contributed by atoms with Crippen molar-refractivity contribution < 1.29 is 14.7 Å². The molecule has 0 aliphatic carbocycles. The molecule has 1 saturated heterocycles. The van der Waals surface area contributed by atoms with Gasteiger partial charge in [0.05, 0.1) is 11.5 Å². The maximum absolute atomic E-state index is 12.7. The molecule has 1 fully saturated rings. The van der Waals surface area contributed by atoms with E-state index in [1.807, 2.05) is 42.5 Å². The van der Waals surface area contributed by atoms with Gasteiger partial charge in [0, 0.05) is 36.8 Å². The largest absolute Gasteiger partial charge is 0.481 e. The molecular formula is C21H23BrN2O3. The molecule has 1 amide bonds. The molecule has 0 unspecified atom stereocenters. The number of rotatable bonds is 5. The van der Waals surface area contributed by atoms with Crippen molar-refractivity contribution in [3.05, 3.63) is 64.1 Å². The van der Waals surface area contributed by atoms with Crippen LogP contribution in [0.2, 0.25) is 0 Å². The van der Waals surface area contributed by atoms with Crippen LogP contribution in [0.3, 0.4) is 0 Å². The van der Waals surface area contributed by atoms with Crippen LogP contribution in [0.15, 0.2) is 53.0 Å². The van der Waals surface area contributed by atoms with Gasteiger partial charge in [0.2, 0.25) is 0 Å². The van der Waals surface area contributed by atoms with Gasteiger partial charge in [-0.25, -0.2) is 0 Å². The van der Waals surface area contributed by atoms with Gasteiger partial charge in [-0.3, -0.25) is 9.59 Å². The lowest BCUT2D eigenvalue weighted by Crippen LogP contribution is -2.36. The molecule has 1 N–H and O–H groups in total. The number of piperidine rings is 1. The molecule has 27 heavy (non-hydrogen) atoms. The third-order valence-electron chi connectivity index (χ3n) is 4.99. The maximum Gasteiger partial charge on any atom is 0.306 e. The Morgan fingerprint density at radius 1 is 1.15 bits per heavy atom. The van der Waals surface area contributed by atoms with E-state index in [2.05, 4.69) is 26.9 Å². The molecular weight excluding hydrogens is 408 g/mol. The van der Waals surface area contributed by atoms with Gasteiger partial charge in [0.15, 0.2) is 0 Å². The van der Waals surface area contributed by atoms with E-state index in [0.717, 1.165) is 28.8 Å². The first-order valence-electron chi connectivity index (χ1n) is 9.02. The number of anilines is 1. The molecule has 0 atom stereocenters. The Morgan fingerprint density at radius 2 is 1.85 bits per heavy atom. The molecule has 0 spiro atoms. The van der Waals surface area contributed by atoms with E-state index in [4.69, 9.17) is 5.11 Å². The fourth-order valence-corrected chi connectivity index (χ4v) is 3.88. The van der Waals surface area contributed by atoms with Gasteiger partial charge in [0.25, 0.3) is 5.91 Å². The summed E-state index contributed by atoms with van der Waals surface area (Å²) in [4.78, 5) is 27.7. The van der Waals surface area contributed by atoms with E-state index in [9.17, 15) is 9.59 Å². The Balaban J connectivity index is 1.66. The minimum absolute atomic E-state index is 0.0323. The average Bonchev–Trinajstić information content (AvgIpc) is 2.68. The second kappa shape index (κ2) is 8.57. The molecule has 0 saturated carbocycles. The summed E-state index contributed by atoms with van der Waals surface area (Å²) in [5.41, 5.74) is 2.78. The minimum Gasteiger partial charge on any atom is -0.481 e. The number of amides is 1. The van der Waals surface area contributed by atoms with Crippen molar-refractivity contribution in [2.24, 2.45) is 5.92 Å². The summed E-state index contributed by atoms with van der Waals surface area (Å²) >= 11 is 3.43. The van der Waals surface area contributed by atoms with Crippen LogP contribution in [0.4, 0.5) is 5.69 Å². The van der Waals surface area contributed by atoms with Gasteiger partial charge in [0.1, 0.15) is 0 Å². The Kier molecular flexibility index (Phi) is 6.16. The minimum atomic E-state index is -0.699. The maximum atomic E-state index is 12.7. The van der Waals surface area contributed by atoms with Crippen molar-refractivity contribution in [3.63, 3.8) is 0 Å². The fraction of sp³-hybridized carbons (Fsp3) is 0.333. The van der Waals surface area contributed by atoms with Gasteiger partial charge in [-0.1, -0.05) is 24.3 Å². The Labute approximate surface area is 167 Å². The molecule has 1 aliphatic heterocycles. The number of hydrogen-bond acceptors (Lipinski definition) is 3. The van der Waals surface area contributed by atoms with Crippen LogP contribution >= 0.6 is 15.9 Å². The van der Waals surface area contributed by atoms with Crippen molar-refractivity contribution in [3.8, 4) is 0 Å². The van der Waals surface area contributed by atoms with E-state index < -0.39 is 5.97 Å². The quantitative estimate of drug-likeness (QED) is 0.777. The molecule has 142 valence electrons. The number of nitrogens with zero attached hydrogens (tertiary/aromatic N) is 2. The van der Waals surface area contributed by atoms with Gasteiger partial charge in [-0.15, -0.1) is 0 Å². The van der Waals surface area contributed by atoms with Crippen molar-refractivity contribution >= 4 is 33.5 Å². The molecule has 1 heterocycles. The molecule has 1 aliphatic rings. The molecule has 0 radical (unpaired) electrons. The SMILES string of the molecule is CN(Cc1cccc(N2CCC(C(=O)O)CC2)c1)C(=O)c1ccccc1Br. The number of halogens is 1. The lowest BCUT2D eigenvalue weighted by Gasteiger charge is -2.32. The lowest BCUT2D eigenvalue weighted by atomic mass is 9.96. The number of hydrogen-bond donors (Lipinski definition) is 1. The smallest absolute Gasteiger partial charge is 0.306 e. The van der Waals surface area contributed by atoms with Crippen LogP contribution in [0.1, 0.15) is 28.8 Å². The van der Waals surface area contributed by atoms with Crippen molar-refractivity contribution in [1.82, 2.24) is 4.90 Å². The second-order valence-corrected chi connectivity index (χ2v) is 7.76. The molecule has 0 aromatic heterocycles. The molecule has 2 aromatic rings. The third-order valence-corrected chi connectivity index (χ3v) is 5.68. The Hall–Kier alpha value is -2.34. The van der Waals surface area contributed by atoms with Crippen LogP contribution in [0, 0.1) is 5.92 Å². The fourth-order valence-electron chi connectivity index (χ4n) is 3.42. The van der Waals surface area contributed by atoms with Crippen LogP contribution < -0.4 is 4.90 Å². The van der Waals surface area contributed by atoms with Crippen molar-refractivity contribution in [1.29, 1.82) is 0 Å². The number of aliphatic carboxylic acids is 1. The van der Waals surface area contributed by atoms with E-state index in [-0.39, 0.29) is 11.8 Å². The number of benzene rings is 2. The summed E-state index contributed by atoms with van der Waals surface area (Å²) in [5, 5.41) is 9.14. The van der Waals surface area contributed by atoms with E-state index in [1.165, 1.54) is 0 Å². The highest BCUT2D eigenvalue weighted by atomic mass is 79.9. The van der Waals surface area contributed by atoms with E-state index in [0.29, 0.717) is 24.9 Å². The first kappa shape index (κ1) is 19.4. The van der Waals surface area contributed by atoms with Crippen LogP contribution in [-0.4, -0.2) is 42.0 Å². The van der Waals surface area contributed by atoms with Crippen molar-refractivity contribution in [2.75, 3.05) is 25.0 Å². The van der Waals surface area contributed by atoms with Crippen LogP contribution in [0.25, 0.3) is 0 Å². The van der Waals surface area contributed by atoms with Gasteiger partial charge in [-0.2, -0.15) is 0 Å². The summed E-state index contributed by atoms with van der Waals surface area (Å²) in [6.07, 6.45) is 1.33. The molecule has 3 rings (SSSR count). The van der Waals surface area contributed by atoms with Crippen molar-refractivity contribution in [2.45, 2.75) is 19.4 Å². The normalized spacial score (nSPS) is 14.8. The average molecular weight is 431 g/mol. The predicted octanol–water partition coefficient (Wildman–Crippen LogP) is 4.02. The molecule has 6 heteroatoms. The highest BCUT2D eigenvalue weighted by Gasteiger charge is 2.24. The zero-order valence-corrected chi connectivity index (χ0v) is 16.9. The molecule has 2 aromatic carbocycles. The van der Waals surface area contributed by atoms with E-state index >= 15 is 0 Å². The summed E-state index contributed by atoms with van der Waals surface area (Å²) < 4.78 is 0.789. The highest BCUT2D eigenvalue weighted by molar-refractivity contribution is 9.10. The number of carboxylic acids is 1. The van der Waals surface area contributed by atoms with Crippen LogP contribution in [0.5, 0.6) is 0 Å². The van der Waals surface area contributed by atoms with Gasteiger partial charge in [-0.05, 0) is 58.6 Å². The zero-order chi connectivity index (χ0) is 19.4. The first-order valence-corrected chi connectivity index (χ1v) is 9.81. The highest BCUT2D eigenvalue weighted by Crippen LogP contribution is 2.25. The summed E-state index contributed by atoms with van der Waals surface area (Å²) in [6, 6.07) is 15.5. The monoisotopic (exact) mass is 430 g/mol. The summed E-state index contributed by atoms with van der Waals surface area (Å²) in [6.45, 7) is 2.00. The molecule has 5 nitrogen and oxygen atoms in total. The van der Waals surface area contributed by atoms with Gasteiger partial charge < -0.3 is 14.9 Å². The lowest BCUT2D eigenvalue weighted by molar-refractivity contribution is -0.142. The Bertz CT molecular complexity index is 832. The standard InChI is InChI=1S/C21H23BrN2O3/c1-23(20(25)18-7-2-3-8-19(18)22)14-15-5-4-6-17(13-15)24-11-9-16(10-12-24)21(26)27/h2-8,13,16H,9-12,14H2,1H3,(H,26,27). The number of carboxylic acid groups (broad SMARTS) is 1. The first-order chi connectivity index (χ1) is 13.0. The molecule has 0 bridgehead atoms. The van der Waals surface area contributed by atoms with Crippen LogP contribution in [-0.2, 0) is 11.3 Å². The zero-order valence-electron chi connectivity index (χ0n) is 15.3. The number of carbonyl (C=O) groups is 2. The topological polar surface area (TPSA) is 60.9 Å². The van der Waals surface area contributed by atoms with E-state index in [1.54, 1.807) is 11.9 Å². The third kappa shape index (κ3) is 4.69. The summed E-state index contributed by atoms with van der Waals surface area (Å²) in [5.74, 6) is -0.969.